The third-order valence-electron chi connectivity index (χ3n) is 2.43. The molecule has 16 heavy (non-hydrogen) atoms. The Morgan fingerprint density at radius 1 is 1.19 bits per heavy atom. The molecule has 0 aromatic heterocycles. The monoisotopic (exact) mass is 233 g/mol. The second kappa shape index (κ2) is 6.44. The molecule has 0 unspecified atom stereocenters. The second-order valence-electron chi connectivity index (χ2n) is 3.78. The predicted octanol–water partition coefficient (Wildman–Crippen LogP) is 1.19. The van der Waals surface area contributed by atoms with E-state index in [1.54, 1.807) is 13.8 Å². The summed E-state index contributed by atoms with van der Waals surface area (Å²) in [7, 11) is 0. The van der Waals surface area contributed by atoms with Gasteiger partial charge in [-0.3, -0.25) is 9.59 Å². The summed E-state index contributed by atoms with van der Waals surface area (Å²) in [4.78, 5) is 21.9. The zero-order chi connectivity index (χ0) is 12.8. The minimum absolute atomic E-state index is 0.102. The van der Waals surface area contributed by atoms with E-state index in [4.69, 9.17) is 10.2 Å². The van der Waals surface area contributed by atoms with Crippen LogP contribution in [-0.4, -0.2) is 44.5 Å². The first-order chi connectivity index (χ1) is 7.40. The Balaban J connectivity index is 5.06. The molecule has 0 rings (SSSR count). The van der Waals surface area contributed by atoms with Crippen molar-refractivity contribution in [1.29, 1.82) is 0 Å². The molecular formula is C10H19NO5. The first-order valence-electron chi connectivity index (χ1n) is 5.32. The van der Waals surface area contributed by atoms with Crippen LogP contribution in [0.3, 0.4) is 0 Å². The van der Waals surface area contributed by atoms with Crippen molar-refractivity contribution < 1.29 is 25.0 Å². The Morgan fingerprint density at radius 3 is 2.06 bits per heavy atom. The molecule has 0 saturated carbocycles. The molecule has 0 fully saturated rings. The van der Waals surface area contributed by atoms with Gasteiger partial charge in [-0.15, -0.1) is 0 Å². The van der Waals surface area contributed by atoms with E-state index in [9.17, 15) is 14.8 Å². The van der Waals surface area contributed by atoms with Crippen LogP contribution in [0.25, 0.3) is 0 Å². The van der Waals surface area contributed by atoms with Gasteiger partial charge < -0.3 is 15.4 Å². The molecule has 0 radical (unpaired) electrons. The molecule has 0 heterocycles. The lowest BCUT2D eigenvalue weighted by Gasteiger charge is -2.34. The SMILES string of the molecule is CCCN(O)[C@@](CCC)(CC(=O)O)C(=O)O. The van der Waals surface area contributed by atoms with Gasteiger partial charge >= 0.3 is 11.9 Å². The molecule has 6 nitrogen and oxygen atoms in total. The number of nitrogens with zero attached hydrogens (tertiary/aromatic N) is 1. The van der Waals surface area contributed by atoms with E-state index in [0.29, 0.717) is 17.9 Å². The van der Waals surface area contributed by atoms with Crippen molar-refractivity contribution in [2.45, 2.75) is 45.1 Å². The van der Waals surface area contributed by atoms with Crippen molar-refractivity contribution in [3.63, 3.8) is 0 Å². The lowest BCUT2D eigenvalue weighted by atomic mass is 9.89. The van der Waals surface area contributed by atoms with E-state index >= 15 is 0 Å². The second-order valence-corrected chi connectivity index (χ2v) is 3.78. The van der Waals surface area contributed by atoms with E-state index in [0.717, 1.165) is 0 Å². The van der Waals surface area contributed by atoms with Crippen LogP contribution < -0.4 is 0 Å². The molecule has 0 aromatic rings. The van der Waals surface area contributed by atoms with Gasteiger partial charge in [0.15, 0.2) is 5.54 Å². The fraction of sp³-hybridized carbons (Fsp3) is 0.800. The van der Waals surface area contributed by atoms with Crippen LogP contribution in [-0.2, 0) is 9.59 Å². The van der Waals surface area contributed by atoms with Crippen LogP contribution >= 0.6 is 0 Å². The van der Waals surface area contributed by atoms with Crippen molar-refractivity contribution in [1.82, 2.24) is 5.06 Å². The van der Waals surface area contributed by atoms with Gasteiger partial charge in [-0.2, -0.15) is 5.06 Å². The summed E-state index contributed by atoms with van der Waals surface area (Å²) >= 11 is 0. The summed E-state index contributed by atoms with van der Waals surface area (Å²) in [5.74, 6) is -2.53. The number of hydroxylamine groups is 2. The fourth-order valence-electron chi connectivity index (χ4n) is 1.69. The number of hydrogen-bond donors (Lipinski definition) is 3. The number of hydrogen-bond acceptors (Lipinski definition) is 4. The highest BCUT2D eigenvalue weighted by atomic mass is 16.5. The van der Waals surface area contributed by atoms with Crippen molar-refractivity contribution >= 4 is 11.9 Å². The van der Waals surface area contributed by atoms with Gasteiger partial charge in [0, 0.05) is 6.54 Å². The Labute approximate surface area is 94.4 Å². The molecule has 0 bridgehead atoms. The first-order valence-corrected chi connectivity index (χ1v) is 5.32. The molecule has 0 aliphatic heterocycles. The smallest absolute Gasteiger partial charge is 0.327 e. The zero-order valence-corrected chi connectivity index (χ0v) is 9.64. The molecule has 0 amide bonds. The van der Waals surface area contributed by atoms with E-state index in [2.05, 4.69) is 0 Å². The maximum absolute atomic E-state index is 11.2. The van der Waals surface area contributed by atoms with Gasteiger partial charge in [-0.1, -0.05) is 20.3 Å². The molecule has 3 N–H and O–H groups in total. The minimum Gasteiger partial charge on any atom is -0.481 e. The normalized spacial score (nSPS) is 14.8. The van der Waals surface area contributed by atoms with Gasteiger partial charge in [0.2, 0.25) is 0 Å². The molecule has 0 aromatic carbocycles. The summed E-state index contributed by atoms with van der Waals surface area (Å²) < 4.78 is 0. The number of carboxylic acid groups (broad SMARTS) is 2. The minimum atomic E-state index is -1.71. The zero-order valence-electron chi connectivity index (χ0n) is 9.64. The number of carboxylic acids is 2. The van der Waals surface area contributed by atoms with Crippen LogP contribution in [0, 0.1) is 0 Å². The summed E-state index contributed by atoms with van der Waals surface area (Å²) in [5.41, 5.74) is -1.71. The molecule has 0 aliphatic carbocycles. The lowest BCUT2D eigenvalue weighted by Crippen LogP contribution is -2.54. The molecule has 0 aliphatic rings. The maximum atomic E-state index is 11.2. The molecule has 0 saturated heterocycles. The average molecular weight is 233 g/mol. The average Bonchev–Trinajstić information content (AvgIpc) is 2.16. The van der Waals surface area contributed by atoms with Crippen LogP contribution in [0.15, 0.2) is 0 Å². The Bertz CT molecular complexity index is 256. The number of aliphatic carboxylic acids is 2. The third kappa shape index (κ3) is 3.46. The third-order valence-corrected chi connectivity index (χ3v) is 2.43. The highest BCUT2D eigenvalue weighted by Gasteiger charge is 2.45. The van der Waals surface area contributed by atoms with Crippen molar-refractivity contribution in [3.05, 3.63) is 0 Å². The van der Waals surface area contributed by atoms with Crippen LogP contribution in [0.5, 0.6) is 0 Å². The standard InChI is InChI=1S/C10H19NO5/c1-3-5-10(9(14)15,7-8(12)13)11(16)6-4-2/h16H,3-7H2,1-2H3,(H,12,13)(H,14,15)/t10-/m0/s1. The van der Waals surface area contributed by atoms with Gasteiger partial charge in [0.25, 0.3) is 0 Å². The quantitative estimate of drug-likeness (QED) is 0.545. The highest BCUT2D eigenvalue weighted by molar-refractivity contribution is 5.84. The van der Waals surface area contributed by atoms with Crippen molar-refractivity contribution in [2.75, 3.05) is 6.54 Å². The largest absolute Gasteiger partial charge is 0.481 e. The fourth-order valence-corrected chi connectivity index (χ4v) is 1.69. The van der Waals surface area contributed by atoms with Gasteiger partial charge in [-0.25, -0.2) is 0 Å². The molecule has 0 spiro atoms. The van der Waals surface area contributed by atoms with E-state index in [1.807, 2.05) is 0 Å². The Hall–Kier alpha value is -1.14. The van der Waals surface area contributed by atoms with Crippen molar-refractivity contribution in [3.8, 4) is 0 Å². The summed E-state index contributed by atoms with van der Waals surface area (Å²) in [6.45, 7) is 3.67. The molecule has 1 atom stereocenters. The Morgan fingerprint density at radius 2 is 1.75 bits per heavy atom. The topological polar surface area (TPSA) is 98.1 Å². The summed E-state index contributed by atoms with van der Waals surface area (Å²) in [5, 5.41) is 28.2. The predicted molar refractivity (Wildman–Crippen MR) is 56.3 cm³/mol. The maximum Gasteiger partial charge on any atom is 0.327 e. The highest BCUT2D eigenvalue weighted by Crippen LogP contribution is 2.25. The first kappa shape index (κ1) is 14.9. The van der Waals surface area contributed by atoms with E-state index < -0.39 is 23.9 Å². The van der Waals surface area contributed by atoms with Crippen LogP contribution in [0.1, 0.15) is 39.5 Å². The van der Waals surface area contributed by atoms with E-state index in [1.165, 1.54) is 0 Å². The Kier molecular flexibility index (Phi) is 5.98. The molecular weight excluding hydrogens is 214 g/mol. The van der Waals surface area contributed by atoms with Gasteiger partial charge in [-0.05, 0) is 12.8 Å². The van der Waals surface area contributed by atoms with Gasteiger partial charge in [0.05, 0.1) is 6.42 Å². The molecule has 6 heteroatoms. The van der Waals surface area contributed by atoms with Crippen LogP contribution in [0.2, 0.25) is 0 Å². The van der Waals surface area contributed by atoms with Crippen molar-refractivity contribution in [2.24, 2.45) is 0 Å². The molecule has 94 valence electrons. The number of rotatable bonds is 8. The summed E-state index contributed by atoms with van der Waals surface area (Å²) in [6, 6.07) is 0. The number of carbonyl (C=O) groups is 2. The van der Waals surface area contributed by atoms with Gasteiger partial charge in [0.1, 0.15) is 0 Å². The van der Waals surface area contributed by atoms with Crippen LogP contribution in [0.4, 0.5) is 0 Å². The summed E-state index contributed by atoms with van der Waals surface area (Å²) in [6.07, 6.45) is 0.535. The van der Waals surface area contributed by atoms with E-state index in [-0.39, 0.29) is 13.0 Å². The lowest BCUT2D eigenvalue weighted by molar-refractivity contribution is -0.204.